The molecule has 2 aromatic carbocycles. The second-order valence-electron chi connectivity index (χ2n) is 4.82. The molecule has 5 heteroatoms. The van der Waals surface area contributed by atoms with E-state index < -0.39 is 9.84 Å². The van der Waals surface area contributed by atoms with Crippen molar-refractivity contribution in [2.24, 2.45) is 0 Å². The van der Waals surface area contributed by atoms with Crippen LogP contribution in [0.2, 0.25) is 0 Å². The molecule has 0 atom stereocenters. The van der Waals surface area contributed by atoms with Gasteiger partial charge in [-0.3, -0.25) is 0 Å². The summed E-state index contributed by atoms with van der Waals surface area (Å²) in [5.74, 6) is 0.762. The van der Waals surface area contributed by atoms with Crippen molar-refractivity contribution in [3.05, 3.63) is 54.1 Å². The van der Waals surface area contributed by atoms with Gasteiger partial charge in [0.2, 0.25) is 0 Å². The number of benzene rings is 2. The Bertz CT molecular complexity index is 697. The average molecular weight is 305 g/mol. The molecule has 112 valence electrons. The molecular weight excluding hydrogens is 286 g/mol. The molecule has 4 nitrogen and oxygen atoms in total. The second kappa shape index (κ2) is 6.63. The lowest BCUT2D eigenvalue weighted by Crippen LogP contribution is -2.12. The van der Waals surface area contributed by atoms with E-state index in [1.165, 1.54) is 0 Å². The van der Waals surface area contributed by atoms with Crippen LogP contribution in [0, 0.1) is 6.92 Å². The van der Waals surface area contributed by atoms with Crippen LogP contribution >= 0.6 is 0 Å². The van der Waals surface area contributed by atoms with Crippen molar-refractivity contribution in [1.82, 2.24) is 0 Å². The third kappa shape index (κ3) is 3.98. The van der Waals surface area contributed by atoms with E-state index in [2.05, 4.69) is 0 Å². The molecule has 0 aromatic heterocycles. The Morgan fingerprint density at radius 2 is 1.76 bits per heavy atom. The second-order valence-corrected chi connectivity index (χ2v) is 6.90. The van der Waals surface area contributed by atoms with Crippen molar-refractivity contribution in [2.45, 2.75) is 18.2 Å². The lowest BCUT2D eigenvalue weighted by Gasteiger charge is -2.10. The highest BCUT2D eigenvalue weighted by Gasteiger charge is 2.18. The summed E-state index contributed by atoms with van der Waals surface area (Å²) in [5.41, 5.74) is 6.96. The van der Waals surface area contributed by atoms with Crippen molar-refractivity contribution in [1.29, 1.82) is 0 Å². The van der Waals surface area contributed by atoms with Crippen LogP contribution in [0.4, 0.5) is 5.69 Å². The zero-order valence-corrected chi connectivity index (χ0v) is 12.8. The molecular formula is C16H19NO3S. The van der Waals surface area contributed by atoms with Crippen molar-refractivity contribution in [3.8, 4) is 5.75 Å². The predicted molar refractivity (Wildman–Crippen MR) is 84.2 cm³/mol. The first kappa shape index (κ1) is 15.4. The maximum absolute atomic E-state index is 12.3. The summed E-state index contributed by atoms with van der Waals surface area (Å²) in [6.45, 7) is 2.15. The number of para-hydroxylation sites is 2. The molecule has 0 heterocycles. The number of sulfone groups is 1. The molecule has 21 heavy (non-hydrogen) atoms. The number of rotatable bonds is 6. The van der Waals surface area contributed by atoms with Crippen LogP contribution in [0.25, 0.3) is 0 Å². The molecule has 0 aliphatic rings. The van der Waals surface area contributed by atoms with Gasteiger partial charge in [0, 0.05) is 0 Å². The van der Waals surface area contributed by atoms with Crippen LogP contribution in [-0.2, 0) is 9.84 Å². The molecule has 2 aromatic rings. The van der Waals surface area contributed by atoms with Crippen LogP contribution in [-0.4, -0.2) is 20.8 Å². The molecule has 0 unspecified atom stereocenters. The van der Waals surface area contributed by atoms with Gasteiger partial charge >= 0.3 is 0 Å². The molecule has 2 rings (SSSR count). The first-order valence-corrected chi connectivity index (χ1v) is 8.41. The van der Waals surface area contributed by atoms with E-state index in [1.54, 1.807) is 25.1 Å². The fourth-order valence-electron chi connectivity index (χ4n) is 1.99. The molecule has 0 spiro atoms. The van der Waals surface area contributed by atoms with Crippen LogP contribution in [0.1, 0.15) is 12.0 Å². The monoisotopic (exact) mass is 305 g/mol. The molecule has 0 radical (unpaired) electrons. The van der Waals surface area contributed by atoms with Crippen LogP contribution < -0.4 is 10.5 Å². The number of ether oxygens (including phenoxy) is 1. The quantitative estimate of drug-likeness (QED) is 0.658. The Kier molecular flexibility index (Phi) is 4.85. The van der Waals surface area contributed by atoms with Gasteiger partial charge < -0.3 is 10.5 Å². The number of aryl methyl sites for hydroxylation is 1. The number of nitrogen functional groups attached to an aromatic ring is 1. The summed E-state index contributed by atoms with van der Waals surface area (Å²) in [6.07, 6.45) is 0.421. The third-order valence-corrected chi connectivity index (χ3v) is 5.04. The molecule has 0 aliphatic carbocycles. The molecule has 0 saturated heterocycles. The Hall–Kier alpha value is -2.01. The van der Waals surface area contributed by atoms with Gasteiger partial charge in [-0.25, -0.2) is 8.42 Å². The van der Waals surface area contributed by atoms with Gasteiger partial charge in [0.05, 0.1) is 22.9 Å². The zero-order valence-electron chi connectivity index (χ0n) is 12.0. The normalized spacial score (nSPS) is 11.3. The minimum atomic E-state index is -3.37. The smallest absolute Gasteiger partial charge is 0.180 e. The van der Waals surface area contributed by atoms with E-state index in [9.17, 15) is 8.42 Å². The predicted octanol–water partition coefficient (Wildman–Crippen LogP) is 2.82. The average Bonchev–Trinajstić information content (AvgIpc) is 2.47. The molecule has 0 amide bonds. The lowest BCUT2D eigenvalue weighted by atomic mass is 10.2. The van der Waals surface area contributed by atoms with Crippen molar-refractivity contribution in [2.75, 3.05) is 18.1 Å². The Balaban J connectivity index is 1.94. The first-order valence-electron chi connectivity index (χ1n) is 6.76. The van der Waals surface area contributed by atoms with Gasteiger partial charge in [-0.05, 0) is 37.1 Å². The molecule has 0 bridgehead atoms. The summed E-state index contributed by atoms with van der Waals surface area (Å²) >= 11 is 0. The van der Waals surface area contributed by atoms with E-state index in [1.807, 2.05) is 30.3 Å². The fourth-order valence-corrected chi connectivity index (χ4v) is 3.49. The minimum Gasteiger partial charge on any atom is -0.494 e. The van der Waals surface area contributed by atoms with Gasteiger partial charge in [-0.1, -0.05) is 30.3 Å². The van der Waals surface area contributed by atoms with E-state index in [0.717, 1.165) is 11.3 Å². The topological polar surface area (TPSA) is 69.4 Å². The molecule has 0 aliphatic heterocycles. The summed E-state index contributed by atoms with van der Waals surface area (Å²) in [5, 5.41) is 0. The maximum Gasteiger partial charge on any atom is 0.180 e. The first-order chi connectivity index (χ1) is 10.0. The van der Waals surface area contributed by atoms with Crippen LogP contribution in [0.3, 0.4) is 0 Å². The lowest BCUT2D eigenvalue weighted by molar-refractivity contribution is 0.317. The van der Waals surface area contributed by atoms with Gasteiger partial charge in [0.1, 0.15) is 5.75 Å². The van der Waals surface area contributed by atoms with Crippen molar-refractivity contribution >= 4 is 15.5 Å². The highest BCUT2D eigenvalue weighted by molar-refractivity contribution is 7.91. The largest absolute Gasteiger partial charge is 0.494 e. The Morgan fingerprint density at radius 3 is 2.48 bits per heavy atom. The fraction of sp³-hybridized carbons (Fsp3) is 0.250. The summed E-state index contributed by atoms with van der Waals surface area (Å²) in [7, 11) is -3.37. The zero-order chi connectivity index (χ0) is 15.3. The van der Waals surface area contributed by atoms with Crippen LogP contribution in [0.15, 0.2) is 53.4 Å². The number of nitrogens with two attached hydrogens (primary N) is 1. The van der Waals surface area contributed by atoms with E-state index >= 15 is 0 Å². The van der Waals surface area contributed by atoms with Crippen LogP contribution in [0.5, 0.6) is 5.75 Å². The summed E-state index contributed by atoms with van der Waals surface area (Å²) in [4.78, 5) is 0.210. The van der Waals surface area contributed by atoms with E-state index in [-0.39, 0.29) is 10.6 Å². The standard InChI is InChI=1S/C16H19NO3S/c1-13-7-5-10-15(16(13)17)21(18,19)12-6-11-20-14-8-3-2-4-9-14/h2-5,7-10H,6,11-12,17H2,1H3. The Labute approximate surface area is 125 Å². The maximum atomic E-state index is 12.3. The minimum absolute atomic E-state index is 0.0213. The molecule has 0 fully saturated rings. The van der Waals surface area contributed by atoms with Gasteiger partial charge in [0.25, 0.3) is 0 Å². The van der Waals surface area contributed by atoms with Gasteiger partial charge in [-0.15, -0.1) is 0 Å². The highest BCUT2D eigenvalue weighted by Crippen LogP contribution is 2.23. The van der Waals surface area contributed by atoms with Crippen molar-refractivity contribution < 1.29 is 13.2 Å². The number of anilines is 1. The summed E-state index contributed by atoms with van der Waals surface area (Å²) < 4.78 is 30.1. The third-order valence-electron chi connectivity index (χ3n) is 3.19. The highest BCUT2D eigenvalue weighted by atomic mass is 32.2. The Morgan fingerprint density at radius 1 is 1.05 bits per heavy atom. The van der Waals surface area contributed by atoms with E-state index in [0.29, 0.717) is 18.7 Å². The number of hydrogen-bond acceptors (Lipinski definition) is 4. The van der Waals surface area contributed by atoms with E-state index in [4.69, 9.17) is 10.5 Å². The van der Waals surface area contributed by atoms with Crippen molar-refractivity contribution in [3.63, 3.8) is 0 Å². The van der Waals surface area contributed by atoms with Gasteiger partial charge in [0.15, 0.2) is 9.84 Å². The van der Waals surface area contributed by atoms with Gasteiger partial charge in [-0.2, -0.15) is 0 Å². The molecule has 0 saturated carbocycles. The molecule has 2 N–H and O–H groups in total. The SMILES string of the molecule is Cc1cccc(S(=O)(=O)CCCOc2ccccc2)c1N. The summed E-state index contributed by atoms with van der Waals surface area (Å²) in [6, 6.07) is 14.4. The number of hydrogen-bond donors (Lipinski definition) is 1.